The molecule has 1 saturated heterocycles. The third-order valence-electron chi connectivity index (χ3n) is 5.12. The molecule has 0 aliphatic carbocycles. The number of piperidine rings is 1. The van der Waals surface area contributed by atoms with Crippen LogP contribution in [0.5, 0.6) is 0 Å². The molecule has 0 atom stereocenters. The highest BCUT2D eigenvalue weighted by molar-refractivity contribution is 7.89. The van der Waals surface area contributed by atoms with E-state index in [1.807, 2.05) is 0 Å². The topological polar surface area (TPSA) is 92.8 Å². The van der Waals surface area contributed by atoms with Crippen molar-refractivity contribution in [2.45, 2.75) is 62.7 Å². The van der Waals surface area contributed by atoms with Gasteiger partial charge in [0.15, 0.2) is 0 Å². The van der Waals surface area contributed by atoms with Gasteiger partial charge in [-0.2, -0.15) is 4.31 Å². The number of ether oxygens (including phenoxy) is 1. The zero-order valence-electron chi connectivity index (χ0n) is 17.2. The first-order valence-electron chi connectivity index (χ1n) is 10.4. The summed E-state index contributed by atoms with van der Waals surface area (Å²) in [5, 5.41) is 2.88. The molecule has 0 unspecified atom stereocenters. The van der Waals surface area contributed by atoms with Gasteiger partial charge in [-0.15, -0.1) is 0 Å². The molecular weight excluding hydrogens is 392 g/mol. The van der Waals surface area contributed by atoms with Crippen LogP contribution in [0.15, 0.2) is 29.2 Å². The summed E-state index contributed by atoms with van der Waals surface area (Å²) in [6.45, 7) is 1.77. The predicted octanol–water partition coefficient (Wildman–Crippen LogP) is 2.64. The van der Waals surface area contributed by atoms with Crippen LogP contribution in [0.1, 0.15) is 56.9 Å². The number of aryl methyl sites for hydroxylation is 1. The maximum atomic E-state index is 12.6. The SMILES string of the molecule is COC(=O)CCCCCNC(=O)CCc1ccc(S(=O)(=O)N2CCCCC2)cc1. The van der Waals surface area contributed by atoms with Gasteiger partial charge in [0.2, 0.25) is 15.9 Å². The summed E-state index contributed by atoms with van der Waals surface area (Å²) in [4.78, 5) is 23.3. The Kier molecular flexibility index (Phi) is 9.60. The monoisotopic (exact) mass is 424 g/mol. The lowest BCUT2D eigenvalue weighted by Gasteiger charge is -2.25. The molecule has 1 aliphatic heterocycles. The largest absolute Gasteiger partial charge is 0.469 e. The number of carbonyl (C=O) groups is 2. The van der Waals surface area contributed by atoms with Gasteiger partial charge in [-0.25, -0.2) is 8.42 Å². The molecule has 1 aromatic rings. The van der Waals surface area contributed by atoms with Crippen molar-refractivity contribution in [1.82, 2.24) is 9.62 Å². The third kappa shape index (κ3) is 7.78. The van der Waals surface area contributed by atoms with E-state index in [1.165, 1.54) is 7.11 Å². The average molecular weight is 425 g/mol. The summed E-state index contributed by atoms with van der Waals surface area (Å²) >= 11 is 0. The molecule has 7 nitrogen and oxygen atoms in total. The number of sulfonamides is 1. The molecule has 0 spiro atoms. The number of nitrogens with one attached hydrogen (secondary N) is 1. The molecule has 1 fully saturated rings. The van der Waals surface area contributed by atoms with E-state index < -0.39 is 10.0 Å². The highest BCUT2D eigenvalue weighted by atomic mass is 32.2. The lowest BCUT2D eigenvalue weighted by atomic mass is 10.1. The first-order valence-corrected chi connectivity index (χ1v) is 11.8. The molecule has 162 valence electrons. The van der Waals surface area contributed by atoms with Crippen LogP contribution >= 0.6 is 0 Å². The Labute approximate surface area is 173 Å². The number of methoxy groups -OCH3 is 1. The molecule has 1 N–H and O–H groups in total. The second-order valence-electron chi connectivity index (χ2n) is 7.35. The second kappa shape index (κ2) is 11.9. The number of hydrogen-bond acceptors (Lipinski definition) is 5. The third-order valence-corrected chi connectivity index (χ3v) is 7.04. The first-order chi connectivity index (χ1) is 13.9. The molecule has 1 heterocycles. The van der Waals surface area contributed by atoms with Crippen molar-refractivity contribution in [1.29, 1.82) is 0 Å². The maximum Gasteiger partial charge on any atom is 0.305 e. The van der Waals surface area contributed by atoms with Gasteiger partial charge in [0, 0.05) is 32.5 Å². The van der Waals surface area contributed by atoms with E-state index in [1.54, 1.807) is 28.6 Å². The van der Waals surface area contributed by atoms with Crippen LogP contribution in [0.25, 0.3) is 0 Å². The van der Waals surface area contributed by atoms with Gasteiger partial charge in [0.25, 0.3) is 0 Å². The fourth-order valence-corrected chi connectivity index (χ4v) is 4.85. The number of esters is 1. The Morgan fingerprint density at radius 2 is 1.69 bits per heavy atom. The molecule has 0 bridgehead atoms. The minimum atomic E-state index is -3.41. The first kappa shape index (κ1) is 23.3. The summed E-state index contributed by atoms with van der Waals surface area (Å²) in [6.07, 6.45) is 6.70. The summed E-state index contributed by atoms with van der Waals surface area (Å²) in [5.41, 5.74) is 0.941. The molecule has 8 heteroatoms. The van der Waals surface area contributed by atoms with Crippen LogP contribution in [0.2, 0.25) is 0 Å². The quantitative estimate of drug-likeness (QED) is 0.435. The van der Waals surface area contributed by atoms with E-state index in [0.717, 1.165) is 44.1 Å². The molecule has 0 aromatic heterocycles. The van der Waals surface area contributed by atoms with Gasteiger partial charge >= 0.3 is 5.97 Å². The highest BCUT2D eigenvalue weighted by Crippen LogP contribution is 2.21. The summed E-state index contributed by atoms with van der Waals surface area (Å²) in [7, 11) is -2.03. The van der Waals surface area contributed by atoms with Gasteiger partial charge in [-0.3, -0.25) is 9.59 Å². The van der Waals surface area contributed by atoms with Gasteiger partial charge < -0.3 is 10.1 Å². The van der Waals surface area contributed by atoms with Crippen molar-refractivity contribution < 1.29 is 22.7 Å². The van der Waals surface area contributed by atoms with Crippen LogP contribution in [0.4, 0.5) is 0 Å². The van der Waals surface area contributed by atoms with Crippen molar-refractivity contribution in [3.63, 3.8) is 0 Å². The minimum absolute atomic E-state index is 0.0250. The van der Waals surface area contributed by atoms with Gasteiger partial charge in [0.05, 0.1) is 12.0 Å². The molecule has 1 aliphatic rings. The van der Waals surface area contributed by atoms with Crippen molar-refractivity contribution in [2.24, 2.45) is 0 Å². The van der Waals surface area contributed by atoms with E-state index in [4.69, 9.17) is 0 Å². The van der Waals surface area contributed by atoms with Crippen LogP contribution in [0, 0.1) is 0 Å². The predicted molar refractivity (Wildman–Crippen MR) is 111 cm³/mol. The molecule has 1 aromatic carbocycles. The van der Waals surface area contributed by atoms with Crippen LogP contribution < -0.4 is 5.32 Å². The maximum absolute atomic E-state index is 12.6. The van der Waals surface area contributed by atoms with Gasteiger partial charge in [0.1, 0.15) is 0 Å². The summed E-state index contributed by atoms with van der Waals surface area (Å²) in [5.74, 6) is -0.230. The fourth-order valence-electron chi connectivity index (χ4n) is 3.33. The van der Waals surface area contributed by atoms with E-state index >= 15 is 0 Å². The van der Waals surface area contributed by atoms with E-state index in [2.05, 4.69) is 10.1 Å². The normalized spacial score (nSPS) is 15.1. The Morgan fingerprint density at radius 1 is 1.00 bits per heavy atom. The average Bonchev–Trinajstić information content (AvgIpc) is 2.75. The molecule has 1 amide bonds. The Balaban J connectivity index is 1.69. The lowest BCUT2D eigenvalue weighted by molar-refractivity contribution is -0.140. The Bertz CT molecular complexity index is 756. The molecule has 29 heavy (non-hydrogen) atoms. The zero-order valence-corrected chi connectivity index (χ0v) is 18.0. The van der Waals surface area contributed by atoms with Crippen molar-refractivity contribution in [2.75, 3.05) is 26.7 Å². The minimum Gasteiger partial charge on any atom is -0.469 e. The summed E-state index contributed by atoms with van der Waals surface area (Å²) < 4.78 is 31.4. The Hall–Kier alpha value is -1.93. The number of rotatable bonds is 11. The molecule has 2 rings (SSSR count). The number of nitrogens with zero attached hydrogens (tertiary/aromatic N) is 1. The van der Waals surface area contributed by atoms with Crippen LogP contribution in [-0.4, -0.2) is 51.3 Å². The highest BCUT2D eigenvalue weighted by Gasteiger charge is 2.25. The van der Waals surface area contributed by atoms with E-state index in [0.29, 0.717) is 43.8 Å². The van der Waals surface area contributed by atoms with Crippen LogP contribution in [0.3, 0.4) is 0 Å². The lowest BCUT2D eigenvalue weighted by Crippen LogP contribution is -2.35. The molecule has 0 saturated carbocycles. The number of carbonyl (C=O) groups excluding carboxylic acids is 2. The molecule has 0 radical (unpaired) electrons. The standard InChI is InChI=1S/C21H32N2O5S/c1-28-21(25)8-4-2-5-15-22-20(24)14-11-18-9-12-19(13-10-18)29(26,27)23-16-6-3-7-17-23/h9-10,12-13H,2-8,11,14-17H2,1H3,(H,22,24). The van der Waals surface area contributed by atoms with Gasteiger partial charge in [-0.05, 0) is 49.8 Å². The Morgan fingerprint density at radius 3 is 2.34 bits per heavy atom. The molecular formula is C21H32N2O5S. The second-order valence-corrected chi connectivity index (χ2v) is 9.28. The van der Waals surface area contributed by atoms with Gasteiger partial charge in [-0.1, -0.05) is 25.0 Å². The number of amides is 1. The summed E-state index contributed by atoms with van der Waals surface area (Å²) in [6, 6.07) is 6.85. The number of hydrogen-bond donors (Lipinski definition) is 1. The van der Waals surface area contributed by atoms with Crippen LogP contribution in [-0.2, 0) is 30.8 Å². The van der Waals surface area contributed by atoms with E-state index in [-0.39, 0.29) is 11.9 Å². The zero-order chi connectivity index (χ0) is 21.1. The fraction of sp³-hybridized carbons (Fsp3) is 0.619. The van der Waals surface area contributed by atoms with Crippen molar-refractivity contribution in [3.8, 4) is 0 Å². The van der Waals surface area contributed by atoms with E-state index in [9.17, 15) is 18.0 Å². The van der Waals surface area contributed by atoms with Crippen molar-refractivity contribution >= 4 is 21.9 Å². The smallest absolute Gasteiger partial charge is 0.305 e. The van der Waals surface area contributed by atoms with Crippen molar-refractivity contribution in [3.05, 3.63) is 29.8 Å². The number of unbranched alkanes of at least 4 members (excludes halogenated alkanes) is 2. The number of benzene rings is 1.